The summed E-state index contributed by atoms with van der Waals surface area (Å²) >= 11 is 0. The molecule has 0 radical (unpaired) electrons. The summed E-state index contributed by atoms with van der Waals surface area (Å²) in [6.07, 6.45) is 1.88. The molecule has 2 rings (SSSR count). The molecule has 6 heteroatoms. The summed E-state index contributed by atoms with van der Waals surface area (Å²) in [5.41, 5.74) is 12.6. The fraction of sp³-hybridized carbons (Fsp3) is 0.167. The van der Waals surface area contributed by atoms with Crippen molar-refractivity contribution >= 4 is 11.4 Å². The molecule has 0 aliphatic carbocycles. The normalized spacial score (nSPS) is 10.2. The largest absolute Gasteiger partial charge is 0.476 e. The van der Waals surface area contributed by atoms with Crippen molar-refractivity contribution < 1.29 is 4.74 Å². The first-order valence-electron chi connectivity index (χ1n) is 5.48. The number of H-pyrrole nitrogens is 1. The first-order valence-corrected chi connectivity index (χ1v) is 5.48. The Balaban J connectivity index is 1.99. The van der Waals surface area contributed by atoms with Gasteiger partial charge in [0.1, 0.15) is 0 Å². The molecule has 0 fully saturated rings. The molecule has 0 saturated carbocycles. The summed E-state index contributed by atoms with van der Waals surface area (Å²) in [6.45, 7) is 0.356. The summed E-state index contributed by atoms with van der Waals surface area (Å²) in [7, 11) is 0. The number of hydrogen-bond acceptors (Lipinski definition) is 5. The van der Waals surface area contributed by atoms with Gasteiger partial charge in [-0.15, -0.1) is 0 Å². The number of aromatic nitrogens is 2. The van der Waals surface area contributed by atoms with Gasteiger partial charge in [-0.2, -0.15) is 0 Å². The Morgan fingerprint density at radius 2 is 2.06 bits per heavy atom. The van der Waals surface area contributed by atoms with Crippen molar-refractivity contribution in [2.75, 3.05) is 18.1 Å². The molecule has 0 aliphatic heterocycles. The zero-order valence-electron chi connectivity index (χ0n) is 9.72. The van der Waals surface area contributed by atoms with Gasteiger partial charge in [0.15, 0.2) is 5.69 Å². The summed E-state index contributed by atoms with van der Waals surface area (Å²) in [4.78, 5) is 17.4. The lowest BCUT2D eigenvalue weighted by molar-refractivity contribution is 0.310. The molecule has 5 N–H and O–H groups in total. The molecule has 1 aromatic carbocycles. The van der Waals surface area contributed by atoms with Crippen LogP contribution in [0.5, 0.6) is 5.88 Å². The Morgan fingerprint density at radius 1 is 1.28 bits per heavy atom. The lowest BCUT2D eigenvalue weighted by atomic mass is 10.1. The fourth-order valence-electron chi connectivity index (χ4n) is 1.53. The maximum atomic E-state index is 11.2. The molecule has 1 heterocycles. The van der Waals surface area contributed by atoms with Crippen molar-refractivity contribution in [2.24, 2.45) is 0 Å². The number of nitrogens with zero attached hydrogens (tertiary/aromatic N) is 1. The van der Waals surface area contributed by atoms with Gasteiger partial charge in [0, 0.05) is 12.1 Å². The van der Waals surface area contributed by atoms with Crippen LogP contribution in [0.3, 0.4) is 0 Å². The molecule has 94 valence electrons. The minimum Gasteiger partial charge on any atom is -0.476 e. The van der Waals surface area contributed by atoms with Gasteiger partial charge < -0.3 is 21.2 Å². The molecule has 0 unspecified atom stereocenters. The van der Waals surface area contributed by atoms with Gasteiger partial charge >= 0.3 is 0 Å². The van der Waals surface area contributed by atoms with Gasteiger partial charge in [-0.3, -0.25) is 4.79 Å². The Morgan fingerprint density at radius 3 is 2.83 bits per heavy atom. The van der Waals surface area contributed by atoms with Crippen molar-refractivity contribution in [3.63, 3.8) is 0 Å². The smallest absolute Gasteiger partial charge is 0.277 e. The topological polar surface area (TPSA) is 107 Å². The number of nitrogen functional groups attached to an aromatic ring is 2. The first kappa shape index (κ1) is 12.0. The van der Waals surface area contributed by atoms with Crippen LogP contribution in [0.2, 0.25) is 0 Å². The van der Waals surface area contributed by atoms with Crippen molar-refractivity contribution in [2.45, 2.75) is 6.42 Å². The van der Waals surface area contributed by atoms with Crippen LogP contribution in [-0.4, -0.2) is 16.6 Å². The molecule has 0 amide bonds. The van der Waals surface area contributed by atoms with Crippen LogP contribution in [0.4, 0.5) is 11.4 Å². The van der Waals surface area contributed by atoms with Crippen LogP contribution in [0.25, 0.3) is 0 Å². The van der Waals surface area contributed by atoms with Gasteiger partial charge in [0.2, 0.25) is 5.88 Å². The number of aromatic amines is 1. The summed E-state index contributed by atoms with van der Waals surface area (Å²) in [5.74, 6) is 0.147. The van der Waals surface area contributed by atoms with E-state index in [9.17, 15) is 4.79 Å². The Kier molecular flexibility index (Phi) is 3.47. The monoisotopic (exact) mass is 246 g/mol. The summed E-state index contributed by atoms with van der Waals surface area (Å²) in [5, 5.41) is 0. The third-order valence-electron chi connectivity index (χ3n) is 2.52. The van der Waals surface area contributed by atoms with Crippen molar-refractivity contribution in [3.8, 4) is 5.88 Å². The second-order valence-electron chi connectivity index (χ2n) is 3.75. The molecular formula is C12H14N4O2. The molecule has 0 aliphatic rings. The average molecular weight is 246 g/mol. The number of para-hydroxylation sites is 1. The zero-order chi connectivity index (χ0) is 13.0. The van der Waals surface area contributed by atoms with Crippen LogP contribution >= 0.6 is 0 Å². The molecule has 18 heavy (non-hydrogen) atoms. The maximum Gasteiger partial charge on any atom is 0.277 e. The quantitative estimate of drug-likeness (QED) is 0.683. The van der Waals surface area contributed by atoms with Gasteiger partial charge in [0.05, 0.1) is 12.9 Å². The lowest BCUT2D eigenvalue weighted by Gasteiger charge is -2.08. The summed E-state index contributed by atoms with van der Waals surface area (Å²) in [6, 6.07) is 7.53. The molecule has 0 atom stereocenters. The van der Waals surface area contributed by atoms with E-state index in [0.29, 0.717) is 18.7 Å². The fourth-order valence-corrected chi connectivity index (χ4v) is 1.53. The lowest BCUT2D eigenvalue weighted by Crippen LogP contribution is -2.15. The summed E-state index contributed by atoms with van der Waals surface area (Å²) < 4.78 is 5.36. The molecule has 6 nitrogen and oxygen atoms in total. The highest BCUT2D eigenvalue weighted by molar-refractivity contribution is 5.47. The van der Waals surface area contributed by atoms with Crippen LogP contribution in [-0.2, 0) is 6.42 Å². The zero-order valence-corrected chi connectivity index (χ0v) is 9.72. The van der Waals surface area contributed by atoms with Crippen molar-refractivity contribution in [1.82, 2.24) is 9.97 Å². The third kappa shape index (κ3) is 2.60. The van der Waals surface area contributed by atoms with Crippen LogP contribution in [0.1, 0.15) is 5.56 Å². The number of nitrogens with two attached hydrogens (primary N) is 2. The van der Waals surface area contributed by atoms with Crippen LogP contribution in [0, 0.1) is 0 Å². The van der Waals surface area contributed by atoms with Gasteiger partial charge in [0.25, 0.3) is 5.56 Å². The van der Waals surface area contributed by atoms with E-state index in [1.807, 2.05) is 24.3 Å². The van der Waals surface area contributed by atoms with E-state index in [0.717, 1.165) is 5.56 Å². The third-order valence-corrected chi connectivity index (χ3v) is 2.52. The van der Waals surface area contributed by atoms with Gasteiger partial charge in [-0.25, -0.2) is 4.98 Å². The van der Waals surface area contributed by atoms with E-state index < -0.39 is 5.56 Å². The van der Waals surface area contributed by atoms with E-state index in [-0.39, 0.29) is 11.6 Å². The number of anilines is 2. The van der Waals surface area contributed by atoms with Gasteiger partial charge in [-0.05, 0) is 11.6 Å². The minimum atomic E-state index is -0.403. The van der Waals surface area contributed by atoms with Crippen LogP contribution < -0.4 is 21.8 Å². The molecule has 0 spiro atoms. The number of nitrogens with one attached hydrogen (secondary N) is 1. The minimum absolute atomic E-state index is 0.0152. The predicted molar refractivity (Wildman–Crippen MR) is 69.3 cm³/mol. The van der Waals surface area contributed by atoms with E-state index in [4.69, 9.17) is 16.2 Å². The van der Waals surface area contributed by atoms with E-state index in [2.05, 4.69) is 9.97 Å². The van der Waals surface area contributed by atoms with E-state index >= 15 is 0 Å². The maximum absolute atomic E-state index is 11.2. The number of ether oxygens (including phenoxy) is 1. The van der Waals surface area contributed by atoms with Crippen molar-refractivity contribution in [1.29, 1.82) is 0 Å². The number of benzene rings is 1. The molecule has 0 bridgehead atoms. The highest BCUT2D eigenvalue weighted by Gasteiger charge is 2.06. The number of rotatable bonds is 4. The standard InChI is InChI=1S/C12H14N4O2/c13-9-4-2-1-3-8(9)5-6-18-12-10(14)11(17)15-7-16-12/h1-4,7H,5-6,13-14H2,(H,15,16,17). The van der Waals surface area contributed by atoms with Crippen molar-refractivity contribution in [3.05, 3.63) is 46.5 Å². The second-order valence-corrected chi connectivity index (χ2v) is 3.75. The number of hydrogen-bond donors (Lipinski definition) is 3. The molecule has 1 aromatic heterocycles. The Labute approximate surface area is 104 Å². The van der Waals surface area contributed by atoms with E-state index in [1.54, 1.807) is 0 Å². The Bertz CT molecular complexity index is 595. The van der Waals surface area contributed by atoms with E-state index in [1.165, 1.54) is 6.33 Å². The highest BCUT2D eigenvalue weighted by Crippen LogP contribution is 2.14. The molecule has 2 aromatic rings. The molecule has 0 saturated heterocycles. The second kappa shape index (κ2) is 5.22. The predicted octanol–water partition coefficient (Wildman–Crippen LogP) is 0.556. The first-order chi connectivity index (χ1) is 8.68. The van der Waals surface area contributed by atoms with Gasteiger partial charge in [-0.1, -0.05) is 18.2 Å². The average Bonchev–Trinajstić information content (AvgIpc) is 2.37. The Hall–Kier alpha value is -2.50. The highest BCUT2D eigenvalue weighted by atomic mass is 16.5. The van der Waals surface area contributed by atoms with Crippen LogP contribution in [0.15, 0.2) is 35.4 Å². The molecular weight excluding hydrogens is 232 g/mol. The SMILES string of the molecule is Nc1ccccc1CCOc1nc[nH]c(=O)c1N.